The lowest BCUT2D eigenvalue weighted by molar-refractivity contribution is -0.153. The van der Waals surface area contributed by atoms with Crippen molar-refractivity contribution in [2.45, 2.75) is 142 Å². The molecule has 59 heavy (non-hydrogen) atoms. The Hall–Kier alpha value is -4.69. The third-order valence-corrected chi connectivity index (χ3v) is 11.9. The van der Waals surface area contributed by atoms with Crippen LogP contribution in [0.2, 0.25) is 0 Å². The first-order chi connectivity index (χ1) is 27.8. The normalized spacial score (nSPS) is 26.1. The van der Waals surface area contributed by atoms with Crippen molar-refractivity contribution in [1.29, 1.82) is 0 Å². The van der Waals surface area contributed by atoms with Gasteiger partial charge in [0.1, 0.15) is 42.0 Å². The first kappa shape index (κ1) is 47.0. The first-order valence-corrected chi connectivity index (χ1v) is 21.6. The van der Waals surface area contributed by atoms with Crippen LogP contribution < -0.4 is 10.6 Å². The van der Waals surface area contributed by atoms with Gasteiger partial charge < -0.3 is 40.2 Å². The first-order valence-electron chi connectivity index (χ1n) is 21.6. The molecule has 0 aromatic heterocycles. The van der Waals surface area contributed by atoms with Gasteiger partial charge >= 0.3 is 0 Å². The summed E-state index contributed by atoms with van der Waals surface area (Å²) in [6.07, 6.45) is 3.96. The van der Waals surface area contributed by atoms with E-state index in [1.807, 2.05) is 41.5 Å². The number of nitrogens with one attached hydrogen (secondary N) is 2. The van der Waals surface area contributed by atoms with Crippen LogP contribution in [0.5, 0.6) is 5.75 Å². The molecule has 3 fully saturated rings. The van der Waals surface area contributed by atoms with Crippen molar-refractivity contribution in [1.82, 2.24) is 35.1 Å². The average molecular weight is 824 g/mol. The molecule has 15 nitrogen and oxygen atoms in total. The van der Waals surface area contributed by atoms with Crippen molar-refractivity contribution < 1.29 is 38.7 Å². The quantitative estimate of drug-likeness (QED) is 0.323. The molecule has 3 N–H and O–H groups in total. The van der Waals surface area contributed by atoms with Crippen LogP contribution in [0, 0.1) is 17.8 Å². The second kappa shape index (κ2) is 21.0. The summed E-state index contributed by atoms with van der Waals surface area (Å²) in [5.74, 6) is -3.62. The van der Waals surface area contributed by atoms with Crippen molar-refractivity contribution in [2.75, 3.05) is 40.8 Å². The number of phenols is 1. The van der Waals surface area contributed by atoms with E-state index in [0.29, 0.717) is 31.5 Å². The predicted octanol–water partition coefficient (Wildman–Crippen LogP) is 2.93. The van der Waals surface area contributed by atoms with Crippen molar-refractivity contribution in [2.24, 2.45) is 17.8 Å². The van der Waals surface area contributed by atoms with Crippen molar-refractivity contribution in [3.8, 4) is 5.75 Å². The largest absolute Gasteiger partial charge is 0.508 e. The van der Waals surface area contributed by atoms with Gasteiger partial charge in [-0.25, -0.2) is 0 Å². The molecular weight excluding hydrogens is 755 g/mol. The SMILES string of the molecule is CC(C)C[C@@H]1NC(=O)[C@H](Cc2ccc(O)cc2)N(C)C(=O)[C@H]2CCCN2C(=O)[C@H](CC(C)C)NC(=O)[C@H](CC(=O)N2CCCCC2)N(C)C(=O)[C@@H](CC(C)C)N(C)C1=O. The molecular formula is C44H69N7O8. The Balaban J connectivity index is 1.86. The minimum atomic E-state index is -1.30. The second-order valence-electron chi connectivity index (χ2n) is 18.1. The molecule has 15 heteroatoms. The highest BCUT2D eigenvalue weighted by Crippen LogP contribution is 2.26. The molecule has 3 aliphatic rings. The van der Waals surface area contributed by atoms with Gasteiger partial charge in [0.15, 0.2) is 0 Å². The number of likely N-dealkylation sites (tertiary alicyclic amines) is 1. The molecule has 1 aromatic rings. The Labute approximate surface area is 350 Å². The highest BCUT2D eigenvalue weighted by Gasteiger charge is 2.44. The molecule has 0 aliphatic carbocycles. The Bertz CT molecular complexity index is 1660. The van der Waals surface area contributed by atoms with E-state index >= 15 is 0 Å². The zero-order valence-corrected chi connectivity index (χ0v) is 36.7. The average Bonchev–Trinajstić information content (AvgIpc) is 3.69. The maximum absolute atomic E-state index is 14.8. The van der Waals surface area contributed by atoms with Crippen LogP contribution in [0.4, 0.5) is 0 Å². The summed E-state index contributed by atoms with van der Waals surface area (Å²) in [5, 5.41) is 15.8. The zero-order chi connectivity index (χ0) is 43.7. The highest BCUT2D eigenvalue weighted by molar-refractivity contribution is 5.99. The number of fused-ring (bicyclic) bond motifs is 1. The Morgan fingerprint density at radius 1 is 0.627 bits per heavy atom. The Morgan fingerprint density at radius 2 is 1.14 bits per heavy atom. The Kier molecular flexibility index (Phi) is 16.7. The van der Waals surface area contributed by atoms with Gasteiger partial charge in [0.2, 0.25) is 41.4 Å². The van der Waals surface area contributed by atoms with E-state index in [1.54, 1.807) is 17.0 Å². The molecule has 7 amide bonds. The van der Waals surface area contributed by atoms with Gasteiger partial charge in [-0.1, -0.05) is 53.7 Å². The van der Waals surface area contributed by atoms with Gasteiger partial charge in [-0.15, -0.1) is 0 Å². The second-order valence-corrected chi connectivity index (χ2v) is 18.1. The number of piperidine rings is 1. The third kappa shape index (κ3) is 12.2. The molecule has 3 heterocycles. The number of aromatic hydroxyl groups is 1. The van der Waals surface area contributed by atoms with E-state index in [-0.39, 0.29) is 68.1 Å². The monoisotopic (exact) mass is 824 g/mol. The van der Waals surface area contributed by atoms with Gasteiger partial charge in [-0.2, -0.15) is 0 Å². The summed E-state index contributed by atoms with van der Waals surface area (Å²) in [6.45, 7) is 12.9. The zero-order valence-electron chi connectivity index (χ0n) is 36.7. The summed E-state index contributed by atoms with van der Waals surface area (Å²) in [5.41, 5.74) is 0.659. The number of likely N-dealkylation sites (N-methyl/N-ethyl adjacent to an activating group) is 3. The van der Waals surface area contributed by atoms with Crippen LogP contribution in [0.25, 0.3) is 0 Å². The summed E-state index contributed by atoms with van der Waals surface area (Å²) in [4.78, 5) is 109. The van der Waals surface area contributed by atoms with Crippen LogP contribution in [-0.2, 0) is 40.0 Å². The standard InChI is InChI=1S/C44H69N7O8/c1-27(2)22-32-41(56)49(9)37(24-29(5)6)44(59)48(8)36(26-38(53)50-19-11-10-12-20-50)40(55)46-33(23-28(3)4)42(57)51-21-13-14-34(51)43(58)47(7)35(39(54)45-32)25-30-15-17-31(52)18-16-30/h15-18,27-29,32-37,52H,10-14,19-26H2,1-9H3,(H,45,54)(H,46,55)/t32-,33-,34+,35-,36-,37+/m0/s1. The van der Waals surface area contributed by atoms with Gasteiger partial charge in [0.25, 0.3) is 0 Å². The lowest BCUT2D eigenvalue weighted by Crippen LogP contribution is -2.62. The van der Waals surface area contributed by atoms with Gasteiger partial charge in [-0.3, -0.25) is 33.6 Å². The maximum Gasteiger partial charge on any atom is 0.245 e. The van der Waals surface area contributed by atoms with Crippen molar-refractivity contribution in [3.05, 3.63) is 29.8 Å². The molecule has 0 saturated carbocycles. The maximum atomic E-state index is 14.8. The molecule has 4 rings (SSSR count). The van der Waals surface area contributed by atoms with Gasteiger partial charge in [-0.05, 0) is 86.8 Å². The van der Waals surface area contributed by atoms with E-state index in [1.165, 1.54) is 52.9 Å². The number of hydrogen-bond acceptors (Lipinski definition) is 8. The molecule has 0 spiro atoms. The molecule has 0 radical (unpaired) electrons. The van der Waals surface area contributed by atoms with Crippen LogP contribution >= 0.6 is 0 Å². The number of hydrogen-bond donors (Lipinski definition) is 3. The van der Waals surface area contributed by atoms with Gasteiger partial charge in [0.05, 0.1) is 6.42 Å². The van der Waals surface area contributed by atoms with Crippen LogP contribution in [0.1, 0.15) is 105 Å². The summed E-state index contributed by atoms with van der Waals surface area (Å²) in [6, 6.07) is -0.238. The molecule has 0 bridgehead atoms. The molecule has 3 aliphatic heterocycles. The summed E-state index contributed by atoms with van der Waals surface area (Å²) < 4.78 is 0. The van der Waals surface area contributed by atoms with Crippen LogP contribution in [0.3, 0.4) is 0 Å². The van der Waals surface area contributed by atoms with E-state index < -0.39 is 71.7 Å². The van der Waals surface area contributed by atoms with E-state index in [2.05, 4.69) is 10.6 Å². The molecule has 3 saturated heterocycles. The van der Waals surface area contributed by atoms with Crippen LogP contribution in [-0.4, -0.2) is 148 Å². The lowest BCUT2D eigenvalue weighted by Gasteiger charge is -2.39. The number of phenolic OH excluding ortho intramolecular Hbond substituents is 1. The smallest absolute Gasteiger partial charge is 0.245 e. The number of amides is 7. The van der Waals surface area contributed by atoms with E-state index in [4.69, 9.17) is 0 Å². The fourth-order valence-corrected chi connectivity index (χ4v) is 8.56. The third-order valence-electron chi connectivity index (χ3n) is 11.9. The minimum absolute atomic E-state index is 0.0391. The lowest BCUT2D eigenvalue weighted by atomic mass is 9.96. The number of rotatable bonds is 10. The van der Waals surface area contributed by atoms with Crippen LogP contribution in [0.15, 0.2) is 24.3 Å². The van der Waals surface area contributed by atoms with Crippen molar-refractivity contribution >= 4 is 41.4 Å². The predicted molar refractivity (Wildman–Crippen MR) is 223 cm³/mol. The number of carbonyl (C=O) groups is 7. The molecule has 6 atom stereocenters. The topological polar surface area (TPSA) is 180 Å². The minimum Gasteiger partial charge on any atom is -0.508 e. The number of benzene rings is 1. The molecule has 328 valence electrons. The molecule has 0 unspecified atom stereocenters. The number of carbonyl (C=O) groups excluding carboxylic acids is 7. The van der Waals surface area contributed by atoms with Crippen molar-refractivity contribution in [3.63, 3.8) is 0 Å². The van der Waals surface area contributed by atoms with E-state index in [0.717, 1.165) is 19.3 Å². The Morgan fingerprint density at radius 3 is 1.69 bits per heavy atom. The fourth-order valence-electron chi connectivity index (χ4n) is 8.56. The fraction of sp³-hybridized carbons (Fsp3) is 0.705. The highest BCUT2D eigenvalue weighted by atomic mass is 16.3. The summed E-state index contributed by atoms with van der Waals surface area (Å²) >= 11 is 0. The molecule has 1 aromatic carbocycles. The number of nitrogens with zero attached hydrogens (tertiary/aromatic N) is 5. The van der Waals surface area contributed by atoms with E-state index in [9.17, 15) is 38.7 Å². The van der Waals surface area contributed by atoms with Gasteiger partial charge in [0, 0.05) is 47.2 Å². The summed E-state index contributed by atoms with van der Waals surface area (Å²) in [7, 11) is 4.50.